The first-order valence-corrected chi connectivity index (χ1v) is 5.04. The predicted molar refractivity (Wildman–Crippen MR) is 48.3 cm³/mol. The van der Waals surface area contributed by atoms with Gasteiger partial charge in [-0.3, -0.25) is 0 Å². The molecule has 0 aromatic rings. The Hall–Kier alpha value is 0. The maximum absolute atomic E-state index is 2.45. The Morgan fingerprint density at radius 1 is 0.909 bits per heavy atom. The van der Waals surface area contributed by atoms with E-state index in [1.54, 1.807) is 0 Å². The lowest BCUT2D eigenvalue weighted by Crippen LogP contribution is -1.94. The average Bonchev–Trinajstić information content (AvgIpc) is 2.67. The Labute approximate surface area is 70.4 Å². The number of hydrogen-bond acceptors (Lipinski definition) is 0. The third kappa shape index (κ3) is 0.625. The molecule has 0 radical (unpaired) electrons. The van der Waals surface area contributed by atoms with Gasteiger partial charge in [-0.1, -0.05) is 34.6 Å². The van der Waals surface area contributed by atoms with Crippen LogP contribution in [-0.2, 0) is 0 Å². The molecule has 2 fully saturated rings. The van der Waals surface area contributed by atoms with E-state index in [0.717, 1.165) is 35.0 Å². The predicted octanol–water partition coefficient (Wildman–Crippen LogP) is 3.18. The van der Waals surface area contributed by atoms with Crippen molar-refractivity contribution in [3.63, 3.8) is 0 Å². The van der Waals surface area contributed by atoms with Crippen LogP contribution >= 0.6 is 0 Å². The molecule has 2 rings (SSSR count). The van der Waals surface area contributed by atoms with Gasteiger partial charge >= 0.3 is 0 Å². The monoisotopic (exact) mass is 152 g/mol. The molecule has 2 aliphatic rings. The molecule has 1 spiro atoms. The van der Waals surface area contributed by atoms with Crippen molar-refractivity contribution in [2.24, 2.45) is 35.0 Å². The maximum atomic E-state index is 2.45. The summed E-state index contributed by atoms with van der Waals surface area (Å²) in [4.78, 5) is 0. The zero-order valence-corrected chi connectivity index (χ0v) is 8.39. The lowest BCUT2D eigenvalue weighted by atomic mass is 10.1. The zero-order chi connectivity index (χ0) is 8.39. The molecule has 0 aliphatic heterocycles. The van der Waals surface area contributed by atoms with Gasteiger partial charge in [0, 0.05) is 0 Å². The van der Waals surface area contributed by atoms with Crippen LogP contribution in [0.3, 0.4) is 0 Å². The van der Waals surface area contributed by atoms with E-state index in [1.165, 1.54) is 0 Å². The molecular formula is C11H20. The van der Waals surface area contributed by atoms with Crippen LogP contribution < -0.4 is 0 Å². The Bertz CT molecular complexity index is 172. The van der Waals surface area contributed by atoms with E-state index in [-0.39, 0.29) is 0 Å². The smallest absolute Gasteiger partial charge is 0.0179 e. The fourth-order valence-corrected chi connectivity index (χ4v) is 4.08. The van der Waals surface area contributed by atoms with Gasteiger partial charge in [-0.2, -0.15) is 0 Å². The lowest BCUT2D eigenvalue weighted by molar-refractivity contribution is 0.485. The standard InChI is InChI=1S/C11H20/c1-6(2)10-9(5)11(10)7(3)8(11)4/h6-10H,1-5H3. The molecule has 64 valence electrons. The summed E-state index contributed by atoms with van der Waals surface area (Å²) in [5.41, 5.74) is 0.814. The Morgan fingerprint density at radius 3 is 1.45 bits per heavy atom. The minimum absolute atomic E-state index is 0.814. The second kappa shape index (κ2) is 1.84. The summed E-state index contributed by atoms with van der Waals surface area (Å²) < 4.78 is 0. The number of rotatable bonds is 1. The van der Waals surface area contributed by atoms with Gasteiger partial charge in [0.1, 0.15) is 0 Å². The number of hydrogen-bond donors (Lipinski definition) is 0. The SMILES string of the molecule is CC(C)C1C(C)C12C(C)C2C. The van der Waals surface area contributed by atoms with Gasteiger partial charge in [-0.25, -0.2) is 0 Å². The molecule has 2 aliphatic carbocycles. The molecule has 0 aromatic carbocycles. The topological polar surface area (TPSA) is 0 Å². The summed E-state index contributed by atoms with van der Waals surface area (Å²) in [6, 6.07) is 0. The summed E-state index contributed by atoms with van der Waals surface area (Å²) in [6.07, 6.45) is 0. The van der Waals surface area contributed by atoms with Gasteiger partial charge in [-0.05, 0) is 35.0 Å². The van der Waals surface area contributed by atoms with Gasteiger partial charge in [-0.15, -0.1) is 0 Å². The molecule has 4 atom stereocenters. The van der Waals surface area contributed by atoms with Crippen LogP contribution in [0.25, 0.3) is 0 Å². The molecule has 4 unspecified atom stereocenters. The van der Waals surface area contributed by atoms with Gasteiger partial charge in [0.2, 0.25) is 0 Å². The Kier molecular flexibility index (Phi) is 1.28. The molecule has 0 saturated heterocycles. The fourth-order valence-electron chi connectivity index (χ4n) is 4.08. The van der Waals surface area contributed by atoms with Crippen LogP contribution in [0.5, 0.6) is 0 Å². The molecule has 0 bridgehead atoms. The summed E-state index contributed by atoms with van der Waals surface area (Å²) in [7, 11) is 0. The highest BCUT2D eigenvalue weighted by atomic mass is 14.8. The molecular weight excluding hydrogens is 132 g/mol. The normalized spacial score (nSPS) is 60.5. The van der Waals surface area contributed by atoms with Crippen LogP contribution in [0, 0.1) is 35.0 Å². The van der Waals surface area contributed by atoms with Crippen molar-refractivity contribution < 1.29 is 0 Å². The minimum Gasteiger partial charge on any atom is -0.0625 e. The maximum Gasteiger partial charge on any atom is -0.0179 e. The van der Waals surface area contributed by atoms with Crippen molar-refractivity contribution in [1.82, 2.24) is 0 Å². The van der Waals surface area contributed by atoms with E-state index in [9.17, 15) is 0 Å². The first-order chi connectivity index (χ1) is 5.04. The highest BCUT2D eigenvalue weighted by molar-refractivity contribution is 5.25. The molecule has 0 aromatic heterocycles. The highest BCUT2D eigenvalue weighted by Crippen LogP contribution is 2.82. The van der Waals surface area contributed by atoms with Gasteiger partial charge < -0.3 is 0 Å². The largest absolute Gasteiger partial charge is 0.0625 e. The van der Waals surface area contributed by atoms with E-state index in [4.69, 9.17) is 0 Å². The lowest BCUT2D eigenvalue weighted by Gasteiger charge is -2.00. The van der Waals surface area contributed by atoms with Crippen molar-refractivity contribution in [3.05, 3.63) is 0 Å². The van der Waals surface area contributed by atoms with E-state index in [1.807, 2.05) is 0 Å². The van der Waals surface area contributed by atoms with Crippen LogP contribution in [0.4, 0.5) is 0 Å². The van der Waals surface area contributed by atoms with E-state index in [2.05, 4.69) is 34.6 Å². The molecule has 0 amide bonds. The molecule has 2 saturated carbocycles. The molecule has 11 heavy (non-hydrogen) atoms. The van der Waals surface area contributed by atoms with Crippen molar-refractivity contribution in [1.29, 1.82) is 0 Å². The van der Waals surface area contributed by atoms with Crippen LogP contribution in [-0.4, -0.2) is 0 Å². The van der Waals surface area contributed by atoms with Crippen LogP contribution in [0.1, 0.15) is 34.6 Å². The van der Waals surface area contributed by atoms with E-state index >= 15 is 0 Å². The average molecular weight is 152 g/mol. The van der Waals surface area contributed by atoms with Crippen molar-refractivity contribution in [3.8, 4) is 0 Å². The summed E-state index contributed by atoms with van der Waals surface area (Å²) in [5, 5.41) is 0. The van der Waals surface area contributed by atoms with E-state index < -0.39 is 0 Å². The first kappa shape index (κ1) is 7.64. The minimum atomic E-state index is 0.814. The quantitative estimate of drug-likeness (QED) is 0.541. The van der Waals surface area contributed by atoms with E-state index in [0.29, 0.717) is 0 Å². The van der Waals surface area contributed by atoms with Crippen molar-refractivity contribution >= 4 is 0 Å². The summed E-state index contributed by atoms with van der Waals surface area (Å²) in [5.74, 6) is 5.02. The van der Waals surface area contributed by atoms with Crippen LogP contribution in [0.2, 0.25) is 0 Å². The molecule has 0 heterocycles. The highest BCUT2D eigenvalue weighted by Gasteiger charge is 2.78. The van der Waals surface area contributed by atoms with Gasteiger partial charge in [0.05, 0.1) is 0 Å². The van der Waals surface area contributed by atoms with Crippen molar-refractivity contribution in [2.75, 3.05) is 0 Å². The van der Waals surface area contributed by atoms with Crippen LogP contribution in [0.15, 0.2) is 0 Å². The van der Waals surface area contributed by atoms with Crippen molar-refractivity contribution in [2.45, 2.75) is 34.6 Å². The zero-order valence-electron chi connectivity index (χ0n) is 8.39. The summed E-state index contributed by atoms with van der Waals surface area (Å²) >= 11 is 0. The second-order valence-corrected chi connectivity index (χ2v) is 5.14. The molecule has 0 nitrogen and oxygen atoms in total. The second-order valence-electron chi connectivity index (χ2n) is 5.14. The van der Waals surface area contributed by atoms with Gasteiger partial charge in [0.15, 0.2) is 0 Å². The molecule has 0 heteroatoms. The first-order valence-electron chi connectivity index (χ1n) is 5.04. The Balaban J connectivity index is 2.12. The third-order valence-corrected chi connectivity index (χ3v) is 4.73. The summed E-state index contributed by atoms with van der Waals surface area (Å²) in [6.45, 7) is 12.1. The third-order valence-electron chi connectivity index (χ3n) is 4.73. The molecule has 0 N–H and O–H groups in total. The fraction of sp³-hybridized carbons (Fsp3) is 1.00. The van der Waals surface area contributed by atoms with Gasteiger partial charge in [0.25, 0.3) is 0 Å². The Morgan fingerprint density at radius 2 is 1.36 bits per heavy atom.